The molecule has 1 unspecified atom stereocenters. The van der Waals surface area contributed by atoms with Gasteiger partial charge in [0.2, 0.25) is 18.2 Å². The third kappa shape index (κ3) is 4.13. The van der Waals surface area contributed by atoms with Crippen molar-refractivity contribution in [2.45, 2.75) is 26.9 Å². The number of benzene rings is 3. The predicted molar refractivity (Wildman–Crippen MR) is 114 cm³/mol. The van der Waals surface area contributed by atoms with Crippen LogP contribution in [0.5, 0.6) is 0 Å². The zero-order valence-corrected chi connectivity index (χ0v) is 18.1. The largest absolute Gasteiger partial charge is 0.417 e. The van der Waals surface area contributed by atoms with Crippen molar-refractivity contribution in [3.63, 3.8) is 0 Å². The zero-order valence-electron chi connectivity index (χ0n) is 17.2. The normalized spacial score (nSPS) is 13.5. The van der Waals surface area contributed by atoms with Gasteiger partial charge in [-0.2, -0.15) is 13.2 Å². The summed E-state index contributed by atoms with van der Waals surface area (Å²) >= 11 is 0. The fourth-order valence-corrected chi connectivity index (χ4v) is 6.17. The minimum atomic E-state index is -4.84. The first-order valence-electron chi connectivity index (χ1n) is 9.47. The molecule has 0 bridgehead atoms. The summed E-state index contributed by atoms with van der Waals surface area (Å²) in [5, 5.41) is -0.0960. The molecule has 3 rings (SSSR count). The first-order chi connectivity index (χ1) is 14.5. The smallest absolute Gasteiger partial charge is 0.302 e. The van der Waals surface area contributed by atoms with Crippen molar-refractivity contribution < 1.29 is 27.3 Å². The molecule has 3 aromatic carbocycles. The van der Waals surface area contributed by atoms with Crippen LogP contribution in [-0.4, -0.2) is 11.0 Å². The molecular formula is C24H20F3O3P. The summed E-state index contributed by atoms with van der Waals surface area (Å²) < 4.78 is 54.9. The number of carbonyl (C=O) groups excluding carboxylic acids is 2. The van der Waals surface area contributed by atoms with Gasteiger partial charge in [-0.05, 0) is 38.0 Å². The Morgan fingerprint density at radius 2 is 1.29 bits per heavy atom. The van der Waals surface area contributed by atoms with Crippen LogP contribution in [0.2, 0.25) is 0 Å². The van der Waals surface area contributed by atoms with Gasteiger partial charge >= 0.3 is 6.18 Å². The van der Waals surface area contributed by atoms with Crippen LogP contribution in [0.3, 0.4) is 0 Å². The highest BCUT2D eigenvalue weighted by Gasteiger charge is 2.46. The van der Waals surface area contributed by atoms with Crippen LogP contribution in [-0.2, 0) is 10.7 Å². The van der Waals surface area contributed by atoms with E-state index < -0.39 is 35.5 Å². The lowest BCUT2D eigenvalue weighted by Gasteiger charge is -2.21. The summed E-state index contributed by atoms with van der Waals surface area (Å²) in [7, 11) is -4.64. The number of carbonyl (C=O) groups is 2. The molecule has 31 heavy (non-hydrogen) atoms. The van der Waals surface area contributed by atoms with Crippen molar-refractivity contribution in [2.24, 2.45) is 0 Å². The number of alkyl halides is 3. The van der Waals surface area contributed by atoms with Gasteiger partial charge in [0.15, 0.2) is 0 Å². The SMILES string of the molecule is Cc1cc(C)c(C(=O)P(=O)(C(=O)c2ccccc2C(F)(F)F)c2ccccc2)c(C)c1. The van der Waals surface area contributed by atoms with Crippen molar-refractivity contribution in [3.8, 4) is 0 Å². The summed E-state index contributed by atoms with van der Waals surface area (Å²) in [6, 6.07) is 14.8. The Kier molecular flexibility index (Phi) is 6.06. The maximum absolute atomic E-state index is 14.2. The maximum Gasteiger partial charge on any atom is 0.417 e. The number of aryl methyl sites for hydroxylation is 3. The van der Waals surface area contributed by atoms with Gasteiger partial charge in [-0.15, -0.1) is 0 Å². The first kappa shape index (κ1) is 22.7. The van der Waals surface area contributed by atoms with E-state index in [0.717, 1.165) is 23.8 Å². The van der Waals surface area contributed by atoms with Crippen LogP contribution in [0.25, 0.3) is 0 Å². The van der Waals surface area contributed by atoms with E-state index in [0.29, 0.717) is 11.1 Å². The Hall–Kier alpha value is -2.98. The molecule has 0 aliphatic carbocycles. The van der Waals surface area contributed by atoms with E-state index in [2.05, 4.69) is 0 Å². The Labute approximate surface area is 178 Å². The minimum absolute atomic E-state index is 0.0932. The van der Waals surface area contributed by atoms with E-state index >= 15 is 0 Å². The van der Waals surface area contributed by atoms with E-state index in [4.69, 9.17) is 0 Å². The summed E-state index contributed by atoms with van der Waals surface area (Å²) in [6.07, 6.45) is -4.84. The number of halogens is 3. The fraction of sp³-hybridized carbons (Fsp3) is 0.167. The molecule has 0 saturated heterocycles. The molecule has 0 fully saturated rings. The Balaban J connectivity index is 2.30. The average molecular weight is 444 g/mol. The second kappa shape index (κ2) is 8.27. The minimum Gasteiger partial charge on any atom is -0.302 e. The highest BCUT2D eigenvalue weighted by atomic mass is 31.2. The van der Waals surface area contributed by atoms with Crippen LogP contribution in [0, 0.1) is 20.8 Å². The van der Waals surface area contributed by atoms with Crippen molar-refractivity contribution in [2.75, 3.05) is 0 Å². The van der Waals surface area contributed by atoms with Crippen molar-refractivity contribution in [1.29, 1.82) is 0 Å². The van der Waals surface area contributed by atoms with Crippen LogP contribution >= 0.6 is 7.14 Å². The molecule has 3 nitrogen and oxygen atoms in total. The van der Waals surface area contributed by atoms with E-state index in [9.17, 15) is 27.3 Å². The van der Waals surface area contributed by atoms with Gasteiger partial charge in [0, 0.05) is 16.4 Å². The molecule has 7 heteroatoms. The lowest BCUT2D eigenvalue weighted by Crippen LogP contribution is -2.23. The van der Waals surface area contributed by atoms with Crippen LogP contribution in [0.1, 0.15) is 43.0 Å². The monoisotopic (exact) mass is 444 g/mol. The molecule has 3 aromatic rings. The molecule has 160 valence electrons. The zero-order chi connectivity index (χ0) is 23.0. The molecule has 1 atom stereocenters. The van der Waals surface area contributed by atoms with E-state index in [1.165, 1.54) is 30.3 Å². The van der Waals surface area contributed by atoms with Crippen LogP contribution in [0.4, 0.5) is 13.2 Å². The number of rotatable bonds is 5. The quantitative estimate of drug-likeness (QED) is 0.434. The van der Waals surface area contributed by atoms with Crippen LogP contribution < -0.4 is 5.30 Å². The van der Waals surface area contributed by atoms with E-state index in [1.54, 1.807) is 32.0 Å². The molecule has 0 saturated carbocycles. The lowest BCUT2D eigenvalue weighted by atomic mass is 10.0. The lowest BCUT2D eigenvalue weighted by molar-refractivity contribution is -0.137. The summed E-state index contributed by atoms with van der Waals surface area (Å²) in [5.41, 5.74) is -2.30. The maximum atomic E-state index is 14.2. The molecular weight excluding hydrogens is 424 g/mol. The first-order valence-corrected chi connectivity index (χ1v) is 11.2. The van der Waals surface area contributed by atoms with Crippen molar-refractivity contribution in [3.05, 3.63) is 100 Å². The standard InChI is InChI=1S/C24H20F3O3P/c1-15-13-16(2)21(17(3)14-15)23(29)31(30,18-9-5-4-6-10-18)22(28)19-11-7-8-12-20(19)24(25,26)27/h4-14H,1-3H3. The third-order valence-electron chi connectivity index (χ3n) is 5.05. The summed E-state index contributed by atoms with van der Waals surface area (Å²) in [6.45, 7) is 5.13. The molecule has 0 spiro atoms. The Bertz CT molecular complexity index is 1190. The second-order valence-corrected chi connectivity index (χ2v) is 9.92. The van der Waals surface area contributed by atoms with Gasteiger partial charge in [0.25, 0.3) is 0 Å². The molecule has 0 aliphatic rings. The van der Waals surface area contributed by atoms with Gasteiger partial charge in [0.1, 0.15) is 0 Å². The van der Waals surface area contributed by atoms with Gasteiger partial charge in [0.05, 0.1) is 5.56 Å². The van der Waals surface area contributed by atoms with Crippen molar-refractivity contribution >= 4 is 23.5 Å². The van der Waals surface area contributed by atoms with Crippen molar-refractivity contribution in [1.82, 2.24) is 0 Å². The molecule has 0 amide bonds. The fourth-order valence-electron chi connectivity index (χ4n) is 3.73. The highest BCUT2D eigenvalue weighted by Crippen LogP contribution is 2.53. The summed E-state index contributed by atoms with van der Waals surface area (Å²) in [4.78, 5) is 27.1. The third-order valence-corrected chi connectivity index (χ3v) is 7.68. The number of hydrogen-bond donors (Lipinski definition) is 0. The van der Waals surface area contributed by atoms with E-state index in [1.807, 2.05) is 6.92 Å². The highest BCUT2D eigenvalue weighted by molar-refractivity contribution is 8.01. The molecule has 0 N–H and O–H groups in total. The summed E-state index contributed by atoms with van der Waals surface area (Å²) in [5.74, 6) is 0. The van der Waals surface area contributed by atoms with Gasteiger partial charge in [-0.3, -0.25) is 9.59 Å². The van der Waals surface area contributed by atoms with Gasteiger partial charge < -0.3 is 4.57 Å². The molecule has 0 heterocycles. The Morgan fingerprint density at radius 1 is 0.774 bits per heavy atom. The number of hydrogen-bond acceptors (Lipinski definition) is 3. The van der Waals surface area contributed by atoms with Crippen LogP contribution in [0.15, 0.2) is 66.7 Å². The van der Waals surface area contributed by atoms with E-state index in [-0.39, 0.29) is 10.9 Å². The average Bonchev–Trinajstić information content (AvgIpc) is 2.71. The van der Waals surface area contributed by atoms with Gasteiger partial charge in [-0.25, -0.2) is 0 Å². The molecule has 0 aliphatic heterocycles. The second-order valence-electron chi connectivity index (χ2n) is 7.37. The predicted octanol–water partition coefficient (Wildman–Crippen LogP) is 6.30. The topological polar surface area (TPSA) is 51.2 Å². The molecule has 0 aromatic heterocycles. The Morgan fingerprint density at radius 3 is 1.84 bits per heavy atom. The van der Waals surface area contributed by atoms with Gasteiger partial charge in [-0.1, -0.05) is 66.2 Å². The molecule has 0 radical (unpaired) electrons.